The highest BCUT2D eigenvalue weighted by Gasteiger charge is 2.34. The Balaban J connectivity index is 1.37. The molecule has 0 N–H and O–H groups in total. The molecule has 1 saturated heterocycles. The van der Waals surface area contributed by atoms with Crippen LogP contribution in [0.5, 0.6) is 11.5 Å². The Morgan fingerprint density at radius 2 is 1.80 bits per heavy atom. The lowest BCUT2D eigenvalue weighted by atomic mass is 10.1. The predicted molar refractivity (Wildman–Crippen MR) is 138 cm³/mol. The maximum Gasteiger partial charge on any atom is 0.227 e. The van der Waals surface area contributed by atoms with Crippen molar-refractivity contribution in [3.05, 3.63) is 83.7 Å². The number of amides is 1. The standard InChI is InChI=1S/C29H31N3O3/c1-4-34-24-12-10-23(11-13-24)32-19-22(18-28(32)33)29-30-25-7-5-6-8-26(25)31(29)15-16-35-27-14-9-20(2)17-21(27)3/h5-14,17,22H,4,15-16,18-19H2,1-3H3/t22-/m1/s1. The Morgan fingerprint density at radius 3 is 2.57 bits per heavy atom. The molecule has 1 fully saturated rings. The summed E-state index contributed by atoms with van der Waals surface area (Å²) in [6.45, 7) is 8.53. The van der Waals surface area contributed by atoms with Gasteiger partial charge < -0.3 is 18.9 Å². The minimum atomic E-state index is 0.0163. The van der Waals surface area contributed by atoms with Crippen LogP contribution >= 0.6 is 0 Å². The molecule has 1 aliphatic heterocycles. The average molecular weight is 470 g/mol. The third kappa shape index (κ3) is 4.74. The van der Waals surface area contributed by atoms with Crippen molar-refractivity contribution in [2.45, 2.75) is 39.7 Å². The predicted octanol–water partition coefficient (Wildman–Crippen LogP) is 5.65. The van der Waals surface area contributed by atoms with Crippen molar-refractivity contribution >= 4 is 22.6 Å². The maximum absolute atomic E-state index is 13.0. The van der Waals surface area contributed by atoms with Gasteiger partial charge in [0.2, 0.25) is 5.91 Å². The average Bonchev–Trinajstić information content (AvgIpc) is 3.42. The van der Waals surface area contributed by atoms with E-state index in [1.54, 1.807) is 0 Å². The molecule has 180 valence electrons. The zero-order valence-electron chi connectivity index (χ0n) is 20.5. The molecule has 0 bridgehead atoms. The molecule has 0 unspecified atom stereocenters. The highest BCUT2D eigenvalue weighted by Crippen LogP contribution is 2.34. The van der Waals surface area contributed by atoms with Crippen molar-refractivity contribution in [1.82, 2.24) is 9.55 Å². The van der Waals surface area contributed by atoms with Crippen molar-refractivity contribution in [2.24, 2.45) is 0 Å². The molecular weight excluding hydrogens is 438 g/mol. The molecular formula is C29H31N3O3. The van der Waals surface area contributed by atoms with Crippen LogP contribution in [0.1, 0.15) is 36.2 Å². The Kier molecular flexibility index (Phi) is 6.45. The Labute approximate surface area is 206 Å². The van der Waals surface area contributed by atoms with E-state index in [-0.39, 0.29) is 11.8 Å². The molecule has 1 amide bonds. The quantitative estimate of drug-likeness (QED) is 0.335. The van der Waals surface area contributed by atoms with Gasteiger partial charge in [0.05, 0.1) is 24.2 Å². The van der Waals surface area contributed by atoms with Gasteiger partial charge in [-0.1, -0.05) is 29.8 Å². The number of para-hydroxylation sites is 2. The van der Waals surface area contributed by atoms with E-state index in [0.717, 1.165) is 39.6 Å². The maximum atomic E-state index is 13.0. The number of aryl methyl sites for hydroxylation is 2. The van der Waals surface area contributed by atoms with Crippen molar-refractivity contribution in [1.29, 1.82) is 0 Å². The van der Waals surface area contributed by atoms with Gasteiger partial charge in [0.1, 0.15) is 23.9 Å². The van der Waals surface area contributed by atoms with E-state index in [1.807, 2.05) is 60.4 Å². The minimum Gasteiger partial charge on any atom is -0.494 e. The van der Waals surface area contributed by atoms with Gasteiger partial charge in [0.25, 0.3) is 0 Å². The number of hydrogen-bond donors (Lipinski definition) is 0. The second kappa shape index (κ2) is 9.82. The van der Waals surface area contributed by atoms with Crippen LogP contribution in [0.25, 0.3) is 11.0 Å². The fraction of sp³-hybridized carbons (Fsp3) is 0.310. The molecule has 0 spiro atoms. The van der Waals surface area contributed by atoms with E-state index < -0.39 is 0 Å². The number of carbonyl (C=O) groups is 1. The molecule has 4 aromatic rings. The van der Waals surface area contributed by atoms with E-state index in [0.29, 0.717) is 32.7 Å². The van der Waals surface area contributed by atoms with Crippen LogP contribution in [0.2, 0.25) is 0 Å². The van der Waals surface area contributed by atoms with Crippen molar-refractivity contribution in [2.75, 3.05) is 24.7 Å². The van der Waals surface area contributed by atoms with Crippen LogP contribution in [0, 0.1) is 13.8 Å². The number of benzene rings is 3. The number of fused-ring (bicyclic) bond motifs is 1. The number of imidazole rings is 1. The van der Waals surface area contributed by atoms with E-state index in [9.17, 15) is 4.79 Å². The Bertz CT molecular complexity index is 1340. The second-order valence-corrected chi connectivity index (χ2v) is 9.06. The fourth-order valence-corrected chi connectivity index (χ4v) is 4.87. The zero-order chi connectivity index (χ0) is 24.4. The number of carbonyl (C=O) groups excluding carboxylic acids is 1. The Hall–Kier alpha value is -3.80. The summed E-state index contributed by atoms with van der Waals surface area (Å²) in [5.41, 5.74) is 5.26. The molecule has 6 heteroatoms. The number of anilines is 1. The first-order chi connectivity index (χ1) is 17.0. The van der Waals surface area contributed by atoms with E-state index >= 15 is 0 Å². The van der Waals surface area contributed by atoms with E-state index in [4.69, 9.17) is 14.5 Å². The summed E-state index contributed by atoms with van der Waals surface area (Å²) >= 11 is 0. The zero-order valence-corrected chi connectivity index (χ0v) is 20.5. The summed E-state index contributed by atoms with van der Waals surface area (Å²) in [5, 5.41) is 0. The van der Waals surface area contributed by atoms with Gasteiger partial charge in [-0.15, -0.1) is 0 Å². The smallest absolute Gasteiger partial charge is 0.227 e. The van der Waals surface area contributed by atoms with Gasteiger partial charge in [-0.2, -0.15) is 0 Å². The molecule has 1 aromatic heterocycles. The molecule has 0 saturated carbocycles. The number of hydrogen-bond acceptors (Lipinski definition) is 4. The highest BCUT2D eigenvalue weighted by atomic mass is 16.5. The van der Waals surface area contributed by atoms with Gasteiger partial charge in [-0.3, -0.25) is 4.79 Å². The molecule has 6 nitrogen and oxygen atoms in total. The first kappa shape index (κ1) is 23.0. The van der Waals surface area contributed by atoms with Crippen LogP contribution in [0.15, 0.2) is 66.7 Å². The van der Waals surface area contributed by atoms with E-state index in [2.05, 4.69) is 36.6 Å². The molecule has 35 heavy (non-hydrogen) atoms. The minimum absolute atomic E-state index is 0.0163. The summed E-state index contributed by atoms with van der Waals surface area (Å²) in [6.07, 6.45) is 0.439. The first-order valence-corrected chi connectivity index (χ1v) is 12.2. The van der Waals surface area contributed by atoms with E-state index in [1.165, 1.54) is 5.56 Å². The number of rotatable bonds is 8. The van der Waals surface area contributed by atoms with Crippen LogP contribution in [0.3, 0.4) is 0 Å². The van der Waals surface area contributed by atoms with Crippen LogP contribution < -0.4 is 14.4 Å². The van der Waals surface area contributed by atoms with Gasteiger partial charge >= 0.3 is 0 Å². The Morgan fingerprint density at radius 1 is 1.00 bits per heavy atom. The molecule has 5 rings (SSSR count). The van der Waals surface area contributed by atoms with Crippen LogP contribution in [-0.2, 0) is 11.3 Å². The SMILES string of the molecule is CCOc1ccc(N2C[C@H](c3nc4ccccc4n3CCOc3ccc(C)cc3C)CC2=O)cc1. The number of ether oxygens (including phenoxy) is 2. The third-order valence-corrected chi connectivity index (χ3v) is 6.54. The van der Waals surface area contributed by atoms with Crippen LogP contribution in [-0.4, -0.2) is 35.2 Å². The molecule has 3 aromatic carbocycles. The first-order valence-electron chi connectivity index (χ1n) is 12.2. The highest BCUT2D eigenvalue weighted by molar-refractivity contribution is 5.96. The summed E-state index contributed by atoms with van der Waals surface area (Å²) in [7, 11) is 0. The largest absolute Gasteiger partial charge is 0.494 e. The molecule has 1 atom stereocenters. The summed E-state index contributed by atoms with van der Waals surface area (Å²) in [6, 6.07) is 22.1. The summed E-state index contributed by atoms with van der Waals surface area (Å²) in [4.78, 5) is 19.8. The lowest BCUT2D eigenvalue weighted by molar-refractivity contribution is -0.117. The number of aromatic nitrogens is 2. The van der Waals surface area contributed by atoms with Crippen LogP contribution in [0.4, 0.5) is 5.69 Å². The van der Waals surface area contributed by atoms with Gasteiger partial charge in [-0.05, 0) is 68.8 Å². The monoisotopic (exact) mass is 469 g/mol. The topological polar surface area (TPSA) is 56.6 Å². The molecule has 0 aliphatic carbocycles. The third-order valence-electron chi connectivity index (χ3n) is 6.54. The normalized spacial score (nSPS) is 15.7. The molecule has 1 aliphatic rings. The fourth-order valence-electron chi connectivity index (χ4n) is 4.87. The van der Waals surface area contributed by atoms with Crippen molar-refractivity contribution in [3.8, 4) is 11.5 Å². The molecule has 0 radical (unpaired) electrons. The summed E-state index contributed by atoms with van der Waals surface area (Å²) in [5.74, 6) is 2.79. The van der Waals surface area contributed by atoms with Gasteiger partial charge in [0, 0.05) is 24.6 Å². The molecule has 2 heterocycles. The number of nitrogens with zero attached hydrogens (tertiary/aromatic N) is 3. The van der Waals surface area contributed by atoms with Crippen molar-refractivity contribution in [3.63, 3.8) is 0 Å². The van der Waals surface area contributed by atoms with Crippen molar-refractivity contribution < 1.29 is 14.3 Å². The van der Waals surface area contributed by atoms with Gasteiger partial charge in [0.15, 0.2) is 0 Å². The second-order valence-electron chi connectivity index (χ2n) is 9.06. The summed E-state index contributed by atoms with van der Waals surface area (Å²) < 4.78 is 13.9. The van der Waals surface area contributed by atoms with Gasteiger partial charge in [-0.25, -0.2) is 4.98 Å². The lowest BCUT2D eigenvalue weighted by Gasteiger charge is -2.18. The lowest BCUT2D eigenvalue weighted by Crippen LogP contribution is -2.24.